The molecule has 0 radical (unpaired) electrons. The molecule has 0 aromatic heterocycles. The number of aryl methyl sites for hydroxylation is 2. The molecule has 34 heavy (non-hydrogen) atoms. The van der Waals surface area contributed by atoms with Crippen LogP contribution in [0.5, 0.6) is 11.5 Å². The fraction of sp³-hybridized carbons (Fsp3) is 0.167. The van der Waals surface area contributed by atoms with E-state index >= 15 is 0 Å². The van der Waals surface area contributed by atoms with Gasteiger partial charge >= 0.3 is 0 Å². The van der Waals surface area contributed by atoms with Crippen molar-refractivity contribution in [2.75, 3.05) is 23.8 Å². The molecule has 3 aromatic rings. The monoisotopic (exact) mass is 716 g/mol. The average Bonchev–Trinajstić information content (AvgIpc) is 2.73. The van der Waals surface area contributed by atoms with E-state index in [2.05, 4.69) is 74.4 Å². The second-order valence-electron chi connectivity index (χ2n) is 7.29. The number of amides is 2. The average molecular weight is 720 g/mol. The van der Waals surface area contributed by atoms with E-state index in [1.807, 2.05) is 38.1 Å². The number of hydrogen-bond donors (Lipinski definition) is 2. The quantitative estimate of drug-likeness (QED) is 0.255. The van der Waals surface area contributed by atoms with Crippen molar-refractivity contribution >= 4 is 86.9 Å². The first kappa shape index (κ1) is 26.7. The predicted molar refractivity (Wildman–Crippen MR) is 148 cm³/mol. The van der Waals surface area contributed by atoms with Crippen molar-refractivity contribution in [3.05, 3.63) is 77.5 Å². The Hall–Kier alpha value is -1.88. The van der Waals surface area contributed by atoms with Gasteiger partial charge in [-0.1, -0.05) is 44.0 Å². The number of carbonyl (C=O) groups excluding carboxylic acids is 2. The maximum atomic E-state index is 12.5. The number of para-hydroxylation sites is 2. The summed E-state index contributed by atoms with van der Waals surface area (Å²) in [7, 11) is 0. The SMILES string of the molecule is Cc1cc(Br)cc(Br)c1OCC(=O)Nc1ccccc1NC(=O)COc1c(C)cc(Br)cc1Br. The minimum absolute atomic E-state index is 0.191. The molecule has 178 valence electrons. The smallest absolute Gasteiger partial charge is 0.262 e. The van der Waals surface area contributed by atoms with Crippen LogP contribution in [0.4, 0.5) is 11.4 Å². The molecule has 10 heteroatoms. The molecule has 6 nitrogen and oxygen atoms in total. The normalized spacial score (nSPS) is 10.5. The maximum Gasteiger partial charge on any atom is 0.262 e. The van der Waals surface area contributed by atoms with Gasteiger partial charge in [-0.25, -0.2) is 0 Å². The number of rotatable bonds is 8. The molecule has 2 amide bonds. The molecule has 3 aromatic carbocycles. The lowest BCUT2D eigenvalue weighted by molar-refractivity contribution is -0.119. The zero-order chi connectivity index (χ0) is 24.8. The van der Waals surface area contributed by atoms with Gasteiger partial charge in [-0.2, -0.15) is 0 Å². The molecule has 0 saturated carbocycles. The van der Waals surface area contributed by atoms with Crippen LogP contribution in [0.15, 0.2) is 66.4 Å². The molecule has 0 saturated heterocycles. The van der Waals surface area contributed by atoms with Crippen LogP contribution in [0.1, 0.15) is 11.1 Å². The topological polar surface area (TPSA) is 76.7 Å². The van der Waals surface area contributed by atoms with Crippen LogP contribution in [-0.4, -0.2) is 25.0 Å². The lowest BCUT2D eigenvalue weighted by Crippen LogP contribution is -2.24. The Balaban J connectivity index is 1.60. The first-order valence-electron chi connectivity index (χ1n) is 9.99. The zero-order valence-corrected chi connectivity index (χ0v) is 24.5. The molecule has 0 fully saturated rings. The highest BCUT2D eigenvalue weighted by Crippen LogP contribution is 2.33. The second kappa shape index (κ2) is 12.2. The Bertz CT molecular complexity index is 1090. The van der Waals surface area contributed by atoms with Crippen molar-refractivity contribution in [3.8, 4) is 11.5 Å². The highest BCUT2D eigenvalue weighted by Gasteiger charge is 2.14. The number of carbonyl (C=O) groups is 2. The van der Waals surface area contributed by atoms with E-state index in [0.29, 0.717) is 22.9 Å². The predicted octanol–water partition coefficient (Wildman–Crippen LogP) is 7.39. The van der Waals surface area contributed by atoms with Gasteiger partial charge in [-0.15, -0.1) is 0 Å². The Labute approximate surface area is 231 Å². The lowest BCUT2D eigenvalue weighted by atomic mass is 10.2. The summed E-state index contributed by atoms with van der Waals surface area (Å²) in [5, 5.41) is 5.56. The van der Waals surface area contributed by atoms with Crippen LogP contribution in [0.3, 0.4) is 0 Å². The van der Waals surface area contributed by atoms with Crippen molar-refractivity contribution in [3.63, 3.8) is 0 Å². The molecule has 0 bridgehead atoms. The maximum absolute atomic E-state index is 12.5. The highest BCUT2D eigenvalue weighted by atomic mass is 79.9. The number of benzene rings is 3. The third-order valence-corrected chi connectivity index (χ3v) is 6.65. The molecular weight excluding hydrogens is 700 g/mol. The van der Waals surface area contributed by atoms with Crippen LogP contribution in [0, 0.1) is 13.8 Å². The van der Waals surface area contributed by atoms with Crippen molar-refractivity contribution in [2.24, 2.45) is 0 Å². The van der Waals surface area contributed by atoms with E-state index in [-0.39, 0.29) is 25.0 Å². The summed E-state index contributed by atoms with van der Waals surface area (Å²) >= 11 is 13.7. The number of nitrogens with one attached hydrogen (secondary N) is 2. The highest BCUT2D eigenvalue weighted by molar-refractivity contribution is 9.11. The summed E-state index contributed by atoms with van der Waals surface area (Å²) in [5.41, 5.74) is 2.68. The Morgan fingerprint density at radius 3 is 1.44 bits per heavy atom. The second-order valence-corrected chi connectivity index (χ2v) is 10.8. The minimum atomic E-state index is -0.360. The molecule has 0 unspecified atom stereocenters. The van der Waals surface area contributed by atoms with Crippen LogP contribution in [0.25, 0.3) is 0 Å². The summed E-state index contributed by atoms with van der Waals surface area (Å²) in [5.74, 6) is 0.459. The molecule has 0 aliphatic carbocycles. The van der Waals surface area contributed by atoms with Gasteiger partial charge in [0.15, 0.2) is 13.2 Å². The van der Waals surface area contributed by atoms with Gasteiger partial charge in [-0.05, 0) is 93.2 Å². The van der Waals surface area contributed by atoms with Crippen LogP contribution in [0.2, 0.25) is 0 Å². The number of hydrogen-bond acceptors (Lipinski definition) is 4. The fourth-order valence-electron chi connectivity index (χ4n) is 3.09. The zero-order valence-electron chi connectivity index (χ0n) is 18.2. The van der Waals surface area contributed by atoms with Crippen molar-refractivity contribution in [2.45, 2.75) is 13.8 Å². The molecule has 0 spiro atoms. The molecular formula is C24H20Br4N2O4. The van der Waals surface area contributed by atoms with E-state index < -0.39 is 0 Å². The first-order valence-corrected chi connectivity index (χ1v) is 13.2. The van der Waals surface area contributed by atoms with Gasteiger partial charge in [0.2, 0.25) is 0 Å². The molecule has 0 aliphatic heterocycles. The number of ether oxygens (including phenoxy) is 2. The number of halogens is 4. The van der Waals surface area contributed by atoms with Gasteiger partial charge in [0, 0.05) is 8.95 Å². The van der Waals surface area contributed by atoms with Crippen molar-refractivity contribution in [1.82, 2.24) is 0 Å². The van der Waals surface area contributed by atoms with Gasteiger partial charge in [0.25, 0.3) is 11.8 Å². The van der Waals surface area contributed by atoms with E-state index in [1.54, 1.807) is 24.3 Å². The molecule has 3 rings (SSSR count). The molecule has 0 heterocycles. The van der Waals surface area contributed by atoms with Crippen molar-refractivity contribution < 1.29 is 19.1 Å². The molecule has 0 atom stereocenters. The van der Waals surface area contributed by atoms with E-state index in [9.17, 15) is 9.59 Å². The Kier molecular flexibility index (Phi) is 9.58. The Morgan fingerprint density at radius 2 is 1.09 bits per heavy atom. The molecule has 0 aliphatic rings. The van der Waals surface area contributed by atoms with Crippen LogP contribution >= 0.6 is 63.7 Å². The minimum Gasteiger partial charge on any atom is -0.482 e. The third-order valence-electron chi connectivity index (χ3n) is 4.56. The van der Waals surface area contributed by atoms with E-state index in [1.165, 1.54) is 0 Å². The van der Waals surface area contributed by atoms with Crippen LogP contribution in [-0.2, 0) is 9.59 Å². The van der Waals surface area contributed by atoms with Gasteiger partial charge in [-0.3, -0.25) is 9.59 Å². The first-order chi connectivity index (χ1) is 16.1. The van der Waals surface area contributed by atoms with E-state index in [0.717, 1.165) is 29.0 Å². The molecule has 2 N–H and O–H groups in total. The fourth-order valence-corrected chi connectivity index (χ4v) is 6.20. The third kappa shape index (κ3) is 7.31. The summed E-state index contributed by atoms with van der Waals surface area (Å²) in [6.07, 6.45) is 0. The number of anilines is 2. The van der Waals surface area contributed by atoms with Gasteiger partial charge < -0.3 is 20.1 Å². The van der Waals surface area contributed by atoms with Crippen LogP contribution < -0.4 is 20.1 Å². The van der Waals surface area contributed by atoms with E-state index in [4.69, 9.17) is 9.47 Å². The van der Waals surface area contributed by atoms with Gasteiger partial charge in [0.05, 0.1) is 20.3 Å². The largest absolute Gasteiger partial charge is 0.482 e. The standard InChI is InChI=1S/C24H20Br4N2O4/c1-13-7-15(25)9-17(27)23(13)33-11-21(31)29-19-5-3-4-6-20(19)30-22(32)12-34-24-14(2)8-16(26)10-18(24)28/h3-10H,11-12H2,1-2H3,(H,29,31)(H,30,32). The van der Waals surface area contributed by atoms with Gasteiger partial charge in [0.1, 0.15) is 11.5 Å². The summed E-state index contributed by atoms with van der Waals surface area (Å²) in [4.78, 5) is 25.0. The summed E-state index contributed by atoms with van der Waals surface area (Å²) in [6, 6.07) is 14.4. The Morgan fingerprint density at radius 1 is 0.706 bits per heavy atom. The van der Waals surface area contributed by atoms with Crippen molar-refractivity contribution in [1.29, 1.82) is 0 Å². The summed E-state index contributed by atoms with van der Waals surface area (Å²) in [6.45, 7) is 3.40. The summed E-state index contributed by atoms with van der Waals surface area (Å²) < 4.78 is 14.7. The lowest BCUT2D eigenvalue weighted by Gasteiger charge is -2.15.